The lowest BCUT2D eigenvalue weighted by molar-refractivity contribution is -0.130. The molecule has 0 spiro atoms. The first-order valence-electron chi connectivity index (χ1n) is 5.34. The minimum atomic E-state index is -1.06. The number of amides is 1. The van der Waals surface area contributed by atoms with Crippen molar-refractivity contribution < 1.29 is 9.90 Å². The van der Waals surface area contributed by atoms with Crippen LogP contribution in [-0.2, 0) is 4.79 Å². The van der Waals surface area contributed by atoms with E-state index < -0.39 is 12.1 Å². The maximum Gasteiger partial charge on any atom is 0.250 e. The Kier molecular flexibility index (Phi) is 17.3. The summed E-state index contributed by atoms with van der Waals surface area (Å²) in [5.41, 5.74) is 5.62. The van der Waals surface area contributed by atoms with Crippen LogP contribution in [0.15, 0.2) is 0 Å². The highest BCUT2D eigenvalue weighted by atomic mass is 35.5. The lowest BCUT2D eigenvalue weighted by atomic mass is 10.1. The van der Waals surface area contributed by atoms with E-state index in [0.29, 0.717) is 13.0 Å². The van der Waals surface area contributed by atoms with Crippen LogP contribution in [0.5, 0.6) is 0 Å². The Balaban J connectivity index is -0.000000845. The van der Waals surface area contributed by atoms with Crippen LogP contribution in [0.4, 0.5) is 0 Å². The summed E-state index contributed by atoms with van der Waals surface area (Å²) in [5.74, 6) is -0.348. The number of hydrogen-bond donors (Lipinski definition) is 3. The number of aliphatic hydroxyl groups excluding tert-OH is 1. The Morgan fingerprint density at radius 3 is 2.31 bits per heavy atom. The van der Waals surface area contributed by atoms with E-state index in [4.69, 9.17) is 5.73 Å². The van der Waals surface area contributed by atoms with Crippen molar-refractivity contribution >= 4 is 30.7 Å². The van der Waals surface area contributed by atoms with Crippen LogP contribution in [0.25, 0.3) is 0 Å². The SMILES string of the molecule is CCCCNC(=O)[C@@H](O)[C@@H](N)CCC.Cl.Cl. The van der Waals surface area contributed by atoms with Gasteiger partial charge in [0.25, 0.3) is 0 Å². The summed E-state index contributed by atoms with van der Waals surface area (Å²) < 4.78 is 0. The largest absolute Gasteiger partial charge is 0.382 e. The third-order valence-corrected chi connectivity index (χ3v) is 2.13. The fourth-order valence-electron chi connectivity index (χ4n) is 1.18. The van der Waals surface area contributed by atoms with Gasteiger partial charge in [-0.3, -0.25) is 4.79 Å². The van der Waals surface area contributed by atoms with Gasteiger partial charge < -0.3 is 16.2 Å². The Labute approximate surface area is 110 Å². The van der Waals surface area contributed by atoms with E-state index in [1.807, 2.05) is 13.8 Å². The summed E-state index contributed by atoms with van der Waals surface area (Å²) in [4.78, 5) is 11.3. The van der Waals surface area contributed by atoms with E-state index in [1.165, 1.54) is 0 Å². The molecule has 0 aliphatic rings. The number of carbonyl (C=O) groups excluding carboxylic acids is 1. The maximum absolute atomic E-state index is 11.3. The summed E-state index contributed by atoms with van der Waals surface area (Å²) in [6.07, 6.45) is 2.44. The van der Waals surface area contributed by atoms with Gasteiger partial charge in [-0.25, -0.2) is 0 Å². The number of aliphatic hydroxyl groups is 1. The summed E-state index contributed by atoms with van der Waals surface area (Å²) in [5, 5.41) is 12.1. The average molecular weight is 275 g/mol. The number of carbonyl (C=O) groups is 1. The molecule has 0 saturated carbocycles. The predicted molar refractivity (Wildman–Crippen MR) is 71.3 cm³/mol. The molecule has 0 aromatic heterocycles. The second-order valence-electron chi connectivity index (χ2n) is 3.54. The fourth-order valence-corrected chi connectivity index (χ4v) is 1.18. The molecule has 1 amide bonds. The molecule has 100 valence electrons. The van der Waals surface area contributed by atoms with Crippen LogP contribution in [0, 0.1) is 0 Å². The van der Waals surface area contributed by atoms with Crippen molar-refractivity contribution in [3.8, 4) is 0 Å². The van der Waals surface area contributed by atoms with Crippen molar-refractivity contribution in [2.45, 2.75) is 51.7 Å². The van der Waals surface area contributed by atoms with E-state index in [-0.39, 0.29) is 30.7 Å². The summed E-state index contributed by atoms with van der Waals surface area (Å²) in [6, 6.07) is -0.443. The minimum Gasteiger partial charge on any atom is -0.382 e. The number of halogens is 2. The monoisotopic (exact) mass is 274 g/mol. The van der Waals surface area contributed by atoms with Gasteiger partial charge >= 0.3 is 0 Å². The van der Waals surface area contributed by atoms with Crippen LogP contribution in [0.3, 0.4) is 0 Å². The highest BCUT2D eigenvalue weighted by Crippen LogP contribution is 1.99. The molecular formula is C10H24Cl2N2O2. The van der Waals surface area contributed by atoms with Gasteiger partial charge in [-0.05, 0) is 12.8 Å². The molecule has 0 aliphatic carbocycles. The first-order chi connectivity index (χ1) is 6.63. The third kappa shape index (κ3) is 9.21. The van der Waals surface area contributed by atoms with Crippen molar-refractivity contribution in [2.24, 2.45) is 5.73 Å². The van der Waals surface area contributed by atoms with Gasteiger partial charge in [0.2, 0.25) is 5.91 Å². The van der Waals surface area contributed by atoms with Crippen molar-refractivity contribution in [3.05, 3.63) is 0 Å². The predicted octanol–water partition coefficient (Wildman–Crippen LogP) is 1.23. The molecule has 0 heterocycles. The zero-order chi connectivity index (χ0) is 11.0. The van der Waals surface area contributed by atoms with Crippen molar-refractivity contribution in [1.29, 1.82) is 0 Å². The molecule has 6 heteroatoms. The number of nitrogens with two attached hydrogens (primary N) is 1. The van der Waals surface area contributed by atoms with E-state index in [1.54, 1.807) is 0 Å². The van der Waals surface area contributed by atoms with Crippen molar-refractivity contribution in [1.82, 2.24) is 5.32 Å². The van der Waals surface area contributed by atoms with Crippen LogP contribution in [-0.4, -0.2) is 29.7 Å². The summed E-state index contributed by atoms with van der Waals surface area (Å²) >= 11 is 0. The molecule has 4 nitrogen and oxygen atoms in total. The summed E-state index contributed by atoms with van der Waals surface area (Å²) in [7, 11) is 0. The van der Waals surface area contributed by atoms with E-state index in [9.17, 15) is 9.90 Å². The van der Waals surface area contributed by atoms with E-state index in [0.717, 1.165) is 19.3 Å². The Hall–Kier alpha value is -0.0300. The van der Waals surface area contributed by atoms with E-state index >= 15 is 0 Å². The molecule has 0 unspecified atom stereocenters. The lowest BCUT2D eigenvalue weighted by Crippen LogP contribution is -2.46. The zero-order valence-corrected chi connectivity index (χ0v) is 11.6. The molecule has 0 aromatic rings. The highest BCUT2D eigenvalue weighted by molar-refractivity contribution is 5.85. The number of hydrogen-bond acceptors (Lipinski definition) is 3. The molecule has 0 rings (SSSR count). The second-order valence-corrected chi connectivity index (χ2v) is 3.54. The van der Waals surface area contributed by atoms with Gasteiger partial charge in [0.1, 0.15) is 6.10 Å². The van der Waals surface area contributed by atoms with Gasteiger partial charge in [-0.2, -0.15) is 0 Å². The maximum atomic E-state index is 11.3. The standard InChI is InChI=1S/C10H22N2O2.2ClH/c1-3-5-7-12-10(14)9(13)8(11)6-4-2;;/h8-9,13H,3-7,11H2,1-2H3,(H,12,14);2*1H/t8-,9-;;/m0../s1. The van der Waals surface area contributed by atoms with Crippen LogP contribution >= 0.6 is 24.8 Å². The van der Waals surface area contributed by atoms with Crippen LogP contribution < -0.4 is 11.1 Å². The number of nitrogens with one attached hydrogen (secondary N) is 1. The zero-order valence-electron chi connectivity index (χ0n) is 9.94. The molecule has 0 aliphatic heterocycles. The van der Waals surface area contributed by atoms with Gasteiger partial charge in [-0.15, -0.1) is 24.8 Å². The normalized spacial score (nSPS) is 13.0. The quantitative estimate of drug-likeness (QED) is 0.612. The molecule has 0 saturated heterocycles. The number of unbranched alkanes of at least 4 members (excludes halogenated alkanes) is 1. The molecule has 0 radical (unpaired) electrons. The molecule has 2 atom stereocenters. The Morgan fingerprint density at radius 1 is 1.31 bits per heavy atom. The third-order valence-electron chi connectivity index (χ3n) is 2.13. The first-order valence-corrected chi connectivity index (χ1v) is 5.34. The van der Waals surface area contributed by atoms with Gasteiger partial charge in [-0.1, -0.05) is 26.7 Å². The van der Waals surface area contributed by atoms with E-state index in [2.05, 4.69) is 5.32 Å². The van der Waals surface area contributed by atoms with Crippen LogP contribution in [0.1, 0.15) is 39.5 Å². The minimum absolute atomic E-state index is 0. The van der Waals surface area contributed by atoms with Crippen molar-refractivity contribution in [2.75, 3.05) is 6.54 Å². The molecule has 16 heavy (non-hydrogen) atoms. The van der Waals surface area contributed by atoms with Gasteiger partial charge in [0.15, 0.2) is 0 Å². The smallest absolute Gasteiger partial charge is 0.250 e. The Morgan fingerprint density at radius 2 is 1.88 bits per heavy atom. The lowest BCUT2D eigenvalue weighted by Gasteiger charge is -2.17. The number of rotatable bonds is 7. The molecular weight excluding hydrogens is 251 g/mol. The topological polar surface area (TPSA) is 75.3 Å². The molecule has 0 fully saturated rings. The Bertz CT molecular complexity index is 171. The van der Waals surface area contributed by atoms with Crippen LogP contribution in [0.2, 0.25) is 0 Å². The highest BCUT2D eigenvalue weighted by Gasteiger charge is 2.21. The average Bonchev–Trinajstić information content (AvgIpc) is 2.17. The first kappa shape index (κ1) is 21.3. The van der Waals surface area contributed by atoms with Crippen molar-refractivity contribution in [3.63, 3.8) is 0 Å². The molecule has 0 aromatic carbocycles. The fraction of sp³-hybridized carbons (Fsp3) is 0.900. The van der Waals surface area contributed by atoms with Gasteiger partial charge in [0, 0.05) is 12.6 Å². The molecule has 4 N–H and O–H groups in total. The molecule has 0 bridgehead atoms. The van der Waals surface area contributed by atoms with Gasteiger partial charge in [0.05, 0.1) is 0 Å². The summed E-state index contributed by atoms with van der Waals surface area (Å²) in [6.45, 7) is 4.64. The second kappa shape index (κ2) is 13.0.